The van der Waals surface area contributed by atoms with Gasteiger partial charge in [-0.05, 0) is 24.3 Å². The predicted molar refractivity (Wildman–Crippen MR) is 63.4 cm³/mol. The van der Waals surface area contributed by atoms with Gasteiger partial charge in [0.1, 0.15) is 5.82 Å². The number of rotatable bonds is 3. The number of benzene rings is 1. The summed E-state index contributed by atoms with van der Waals surface area (Å²) in [6.07, 6.45) is 0. The Morgan fingerprint density at radius 2 is 2.24 bits per heavy atom. The number of halogens is 2. The third kappa shape index (κ3) is 2.21. The van der Waals surface area contributed by atoms with E-state index in [2.05, 4.69) is 20.7 Å². The Kier molecular flexibility index (Phi) is 3.23. The fourth-order valence-electron chi connectivity index (χ4n) is 1.40. The minimum Gasteiger partial charge on any atom is -0.387 e. The van der Waals surface area contributed by atoms with Gasteiger partial charge in [0, 0.05) is 7.05 Å². The zero-order valence-corrected chi connectivity index (χ0v) is 10.2. The maximum atomic E-state index is 13.7. The van der Waals surface area contributed by atoms with Gasteiger partial charge in [0.25, 0.3) is 0 Å². The SMILES string of the molecule is CCn1nnc(-c2cc(NC)c(Cl)cc2F)n1. The van der Waals surface area contributed by atoms with E-state index in [1.54, 1.807) is 13.1 Å². The molecule has 2 rings (SSSR count). The van der Waals surface area contributed by atoms with Crippen LogP contribution in [0, 0.1) is 5.82 Å². The lowest BCUT2D eigenvalue weighted by Gasteiger charge is -2.05. The Bertz CT molecular complexity index is 539. The summed E-state index contributed by atoms with van der Waals surface area (Å²) < 4.78 is 13.7. The molecule has 1 aromatic carbocycles. The number of anilines is 1. The van der Waals surface area contributed by atoms with Gasteiger partial charge in [-0.25, -0.2) is 4.39 Å². The van der Waals surface area contributed by atoms with Crippen LogP contribution in [0.15, 0.2) is 12.1 Å². The number of aryl methyl sites for hydroxylation is 1. The summed E-state index contributed by atoms with van der Waals surface area (Å²) in [6, 6.07) is 2.80. The molecule has 1 N–H and O–H groups in total. The zero-order chi connectivity index (χ0) is 12.4. The highest BCUT2D eigenvalue weighted by Gasteiger charge is 2.14. The predicted octanol–water partition coefficient (Wildman–Crippen LogP) is 2.19. The van der Waals surface area contributed by atoms with E-state index >= 15 is 0 Å². The monoisotopic (exact) mass is 255 g/mol. The molecule has 0 fully saturated rings. The van der Waals surface area contributed by atoms with Gasteiger partial charge in [0.2, 0.25) is 5.82 Å². The molecule has 0 amide bonds. The Morgan fingerprint density at radius 3 is 2.82 bits per heavy atom. The maximum absolute atomic E-state index is 13.7. The molecular formula is C10H11ClFN5. The Labute approximate surface area is 103 Å². The van der Waals surface area contributed by atoms with Gasteiger partial charge in [-0.3, -0.25) is 0 Å². The van der Waals surface area contributed by atoms with Gasteiger partial charge >= 0.3 is 0 Å². The number of tetrazole rings is 1. The second kappa shape index (κ2) is 4.67. The summed E-state index contributed by atoms with van der Waals surface area (Å²) in [5.41, 5.74) is 0.898. The van der Waals surface area contributed by atoms with Gasteiger partial charge in [-0.1, -0.05) is 11.6 Å². The van der Waals surface area contributed by atoms with Crippen LogP contribution in [0.3, 0.4) is 0 Å². The van der Waals surface area contributed by atoms with Crippen LogP contribution in [0.1, 0.15) is 6.92 Å². The lowest BCUT2D eigenvalue weighted by atomic mass is 10.2. The molecule has 0 unspecified atom stereocenters. The summed E-state index contributed by atoms with van der Waals surface area (Å²) in [6.45, 7) is 2.46. The number of nitrogens with zero attached hydrogens (tertiary/aromatic N) is 4. The fourth-order valence-corrected chi connectivity index (χ4v) is 1.64. The summed E-state index contributed by atoms with van der Waals surface area (Å²) in [4.78, 5) is 1.39. The first-order valence-corrected chi connectivity index (χ1v) is 5.48. The van der Waals surface area contributed by atoms with Crippen molar-refractivity contribution in [1.82, 2.24) is 20.2 Å². The van der Waals surface area contributed by atoms with E-state index in [1.165, 1.54) is 10.9 Å². The molecule has 17 heavy (non-hydrogen) atoms. The van der Waals surface area contributed by atoms with E-state index in [0.717, 1.165) is 0 Å². The average Bonchev–Trinajstić information content (AvgIpc) is 2.78. The van der Waals surface area contributed by atoms with Crippen LogP contribution < -0.4 is 5.32 Å². The van der Waals surface area contributed by atoms with E-state index in [9.17, 15) is 4.39 Å². The third-order valence-electron chi connectivity index (χ3n) is 2.30. The number of hydrogen-bond acceptors (Lipinski definition) is 4. The molecule has 2 aromatic rings. The topological polar surface area (TPSA) is 55.6 Å². The van der Waals surface area contributed by atoms with Gasteiger partial charge in [0.15, 0.2) is 0 Å². The van der Waals surface area contributed by atoms with Gasteiger partial charge < -0.3 is 5.32 Å². The zero-order valence-electron chi connectivity index (χ0n) is 9.41. The van der Waals surface area contributed by atoms with Gasteiger partial charge in [-0.15, -0.1) is 10.2 Å². The van der Waals surface area contributed by atoms with Crippen molar-refractivity contribution in [2.24, 2.45) is 0 Å². The van der Waals surface area contributed by atoms with Crippen LogP contribution in [-0.4, -0.2) is 27.3 Å². The summed E-state index contributed by atoms with van der Waals surface area (Å²) in [5.74, 6) is -0.220. The second-order valence-electron chi connectivity index (χ2n) is 3.36. The molecule has 0 aliphatic rings. The molecule has 0 radical (unpaired) electrons. The van der Waals surface area contributed by atoms with E-state index in [4.69, 9.17) is 11.6 Å². The van der Waals surface area contributed by atoms with Gasteiger partial charge in [-0.2, -0.15) is 4.80 Å². The molecule has 0 aliphatic heterocycles. The van der Waals surface area contributed by atoms with Crippen molar-refractivity contribution >= 4 is 17.3 Å². The minimum absolute atomic E-state index is 0.248. The summed E-state index contributed by atoms with van der Waals surface area (Å²) >= 11 is 5.86. The molecule has 0 aliphatic carbocycles. The molecule has 90 valence electrons. The van der Waals surface area contributed by atoms with Crippen LogP contribution >= 0.6 is 11.6 Å². The van der Waals surface area contributed by atoms with Gasteiger partial charge in [0.05, 0.1) is 22.8 Å². The first-order valence-electron chi connectivity index (χ1n) is 5.10. The molecule has 0 saturated heterocycles. The van der Waals surface area contributed by atoms with Crippen molar-refractivity contribution in [2.75, 3.05) is 12.4 Å². The van der Waals surface area contributed by atoms with Crippen molar-refractivity contribution in [3.63, 3.8) is 0 Å². The Balaban J connectivity index is 2.50. The lowest BCUT2D eigenvalue weighted by Crippen LogP contribution is -1.98. The van der Waals surface area contributed by atoms with Crippen molar-refractivity contribution in [3.8, 4) is 11.4 Å². The van der Waals surface area contributed by atoms with Crippen LogP contribution in [0.5, 0.6) is 0 Å². The highest BCUT2D eigenvalue weighted by Crippen LogP contribution is 2.29. The smallest absolute Gasteiger partial charge is 0.207 e. The Morgan fingerprint density at radius 1 is 1.47 bits per heavy atom. The maximum Gasteiger partial charge on any atom is 0.207 e. The number of aromatic nitrogens is 4. The van der Waals surface area contributed by atoms with E-state index in [-0.39, 0.29) is 11.4 Å². The molecule has 0 saturated carbocycles. The van der Waals surface area contributed by atoms with Crippen molar-refractivity contribution in [2.45, 2.75) is 13.5 Å². The Hall–Kier alpha value is -1.69. The highest BCUT2D eigenvalue weighted by atomic mass is 35.5. The molecule has 5 nitrogen and oxygen atoms in total. The van der Waals surface area contributed by atoms with E-state index in [1.807, 2.05) is 6.92 Å². The van der Waals surface area contributed by atoms with E-state index in [0.29, 0.717) is 17.3 Å². The molecule has 1 heterocycles. The van der Waals surface area contributed by atoms with Crippen LogP contribution in [-0.2, 0) is 6.54 Å². The normalized spacial score (nSPS) is 10.6. The number of hydrogen-bond donors (Lipinski definition) is 1. The highest BCUT2D eigenvalue weighted by molar-refractivity contribution is 6.33. The molecule has 7 heteroatoms. The minimum atomic E-state index is -0.468. The number of nitrogens with one attached hydrogen (secondary N) is 1. The second-order valence-corrected chi connectivity index (χ2v) is 3.77. The molecular weight excluding hydrogens is 245 g/mol. The third-order valence-corrected chi connectivity index (χ3v) is 2.62. The van der Waals surface area contributed by atoms with Crippen molar-refractivity contribution < 1.29 is 4.39 Å². The molecule has 1 aromatic heterocycles. The van der Waals surface area contributed by atoms with E-state index < -0.39 is 5.82 Å². The average molecular weight is 256 g/mol. The van der Waals surface area contributed by atoms with Crippen LogP contribution in [0.2, 0.25) is 5.02 Å². The first-order chi connectivity index (χ1) is 8.15. The summed E-state index contributed by atoms with van der Waals surface area (Å²) in [7, 11) is 1.71. The van der Waals surface area contributed by atoms with Crippen molar-refractivity contribution in [1.29, 1.82) is 0 Å². The molecule has 0 bridgehead atoms. The van der Waals surface area contributed by atoms with Crippen molar-refractivity contribution in [3.05, 3.63) is 23.0 Å². The standard InChI is InChI=1S/C10H11ClFN5/c1-3-17-15-10(14-16-17)6-4-9(13-2)7(11)5-8(6)12/h4-5,13H,3H2,1-2H3. The molecule has 0 atom stereocenters. The largest absolute Gasteiger partial charge is 0.387 e. The first kappa shape index (κ1) is 11.8. The van der Waals surface area contributed by atoms with Crippen LogP contribution in [0.4, 0.5) is 10.1 Å². The fraction of sp³-hybridized carbons (Fsp3) is 0.300. The summed E-state index contributed by atoms with van der Waals surface area (Å²) in [5, 5.41) is 14.8. The lowest BCUT2D eigenvalue weighted by molar-refractivity contribution is 0.552. The quantitative estimate of drug-likeness (QED) is 0.914. The van der Waals surface area contributed by atoms with Crippen LogP contribution in [0.25, 0.3) is 11.4 Å². The molecule has 0 spiro atoms.